The molecule has 0 spiro atoms. The lowest BCUT2D eigenvalue weighted by Gasteiger charge is -2.36. The van der Waals surface area contributed by atoms with Gasteiger partial charge in [-0.15, -0.1) is 5.10 Å². The third kappa shape index (κ3) is 8.06. The maximum atomic E-state index is 14.1. The van der Waals surface area contributed by atoms with Gasteiger partial charge < -0.3 is 18.9 Å². The van der Waals surface area contributed by atoms with Gasteiger partial charge in [0, 0.05) is 40.4 Å². The molecule has 3 rings (SSSR count). The minimum atomic E-state index is -4.85. The van der Waals surface area contributed by atoms with Crippen LogP contribution in [0.5, 0.6) is 11.6 Å². The number of aromatic nitrogens is 2. The van der Waals surface area contributed by atoms with Gasteiger partial charge in [-0.1, -0.05) is 6.92 Å². The van der Waals surface area contributed by atoms with Gasteiger partial charge in [0.05, 0.1) is 19.3 Å². The molecule has 44 heavy (non-hydrogen) atoms. The number of esters is 1. The number of sulfonamides is 1. The van der Waals surface area contributed by atoms with Gasteiger partial charge in [0.25, 0.3) is 15.9 Å². The monoisotopic (exact) mass is 669 g/mol. The van der Waals surface area contributed by atoms with Gasteiger partial charge in [0.2, 0.25) is 5.60 Å². The van der Waals surface area contributed by atoms with E-state index < -0.39 is 61.2 Å². The Balaban J connectivity index is 2.04. The summed E-state index contributed by atoms with van der Waals surface area (Å²) in [6, 6.07) is 3.76. The molecule has 14 nitrogen and oxygen atoms in total. The third-order valence-corrected chi connectivity index (χ3v) is 9.74. The quantitative estimate of drug-likeness (QED) is 0.253. The van der Waals surface area contributed by atoms with Crippen LogP contribution in [0.3, 0.4) is 0 Å². The van der Waals surface area contributed by atoms with Crippen LogP contribution in [0, 0.1) is 0 Å². The fraction of sp³-hybridized carbons (Fsp3) is 0.520. The molecule has 2 atom stereocenters. The van der Waals surface area contributed by atoms with Gasteiger partial charge in [0.1, 0.15) is 11.9 Å². The Morgan fingerprint density at radius 2 is 1.89 bits per heavy atom. The van der Waals surface area contributed by atoms with Crippen molar-refractivity contribution in [2.24, 2.45) is 0 Å². The standard InChI is InChI=1S/C25H34F3N5O9S2/c1-7-32-14-20(22(31-32)40-15-21(34)39-5)44(37,38)33-13-17(12-29-43(6,36)8-2)41-19-10-9-16(11-18(19)33)30-23(35)42-24(3,4)25(26,27)28/h9-11,14,17H,6-8,12-13,15H2,1-5H3,(H,29,36)(H,30,35)/t17-,43?/m0/s1. The van der Waals surface area contributed by atoms with E-state index in [-0.39, 0.29) is 48.4 Å². The number of halogens is 3. The highest BCUT2D eigenvalue weighted by molar-refractivity contribution is 7.98. The van der Waals surface area contributed by atoms with Crippen molar-refractivity contribution in [3.63, 3.8) is 0 Å². The van der Waals surface area contributed by atoms with Gasteiger partial charge in [-0.3, -0.25) is 18.5 Å². The second-order valence-electron chi connectivity index (χ2n) is 9.95. The van der Waals surface area contributed by atoms with Crippen molar-refractivity contribution in [3.8, 4) is 11.6 Å². The summed E-state index contributed by atoms with van der Waals surface area (Å²) in [6.07, 6.45) is -5.98. The first-order valence-electron chi connectivity index (χ1n) is 13.1. The Morgan fingerprint density at radius 1 is 1.20 bits per heavy atom. The van der Waals surface area contributed by atoms with Gasteiger partial charge in [-0.2, -0.15) is 13.2 Å². The zero-order valence-corrected chi connectivity index (χ0v) is 26.2. The van der Waals surface area contributed by atoms with Crippen molar-refractivity contribution in [1.29, 1.82) is 0 Å². The number of ether oxygens (including phenoxy) is 4. The van der Waals surface area contributed by atoms with Gasteiger partial charge in [-0.05, 0) is 44.8 Å². The first-order valence-corrected chi connectivity index (χ1v) is 16.4. The average molecular weight is 670 g/mol. The topological polar surface area (TPSA) is 167 Å². The summed E-state index contributed by atoms with van der Waals surface area (Å²) in [6.45, 7) is 3.91. The number of nitrogens with zero attached hydrogens (tertiary/aromatic N) is 3. The largest absolute Gasteiger partial charge is 0.485 e. The molecule has 246 valence electrons. The van der Waals surface area contributed by atoms with Gasteiger partial charge in [-0.25, -0.2) is 22.7 Å². The highest BCUT2D eigenvalue weighted by atomic mass is 32.2. The Labute approximate surface area is 253 Å². The molecule has 0 saturated carbocycles. The molecule has 0 saturated heterocycles. The van der Waals surface area contributed by atoms with Crippen LogP contribution in [0.2, 0.25) is 0 Å². The number of methoxy groups -OCH3 is 1. The van der Waals surface area contributed by atoms with Crippen molar-refractivity contribution in [2.75, 3.05) is 42.2 Å². The second-order valence-corrected chi connectivity index (χ2v) is 14.3. The first kappa shape index (κ1) is 34.8. The van der Waals surface area contributed by atoms with Crippen LogP contribution in [0.25, 0.3) is 0 Å². The smallest absolute Gasteiger partial charge is 0.427 e. The summed E-state index contributed by atoms with van der Waals surface area (Å²) in [5.41, 5.74) is -3.01. The van der Waals surface area contributed by atoms with Crippen LogP contribution in [0.1, 0.15) is 27.7 Å². The predicted molar refractivity (Wildman–Crippen MR) is 155 cm³/mol. The van der Waals surface area contributed by atoms with Crippen LogP contribution < -0.4 is 23.8 Å². The second kappa shape index (κ2) is 13.1. The molecule has 19 heteroatoms. The summed E-state index contributed by atoms with van der Waals surface area (Å²) in [7, 11) is -6.11. The number of amides is 1. The molecule has 1 aromatic carbocycles. The van der Waals surface area contributed by atoms with E-state index in [2.05, 4.69) is 30.5 Å². The molecular formula is C25H34F3N5O9S2. The maximum absolute atomic E-state index is 14.1. The molecule has 2 N–H and O–H groups in total. The number of rotatable bonds is 12. The maximum Gasteiger partial charge on any atom is 0.427 e. The van der Waals surface area contributed by atoms with E-state index in [1.54, 1.807) is 13.8 Å². The summed E-state index contributed by atoms with van der Waals surface area (Å²) in [5, 5.41) is 6.26. The highest BCUT2D eigenvalue weighted by Gasteiger charge is 2.51. The highest BCUT2D eigenvalue weighted by Crippen LogP contribution is 2.40. The fourth-order valence-corrected chi connectivity index (χ4v) is 5.90. The number of carbonyl (C=O) groups excluding carboxylic acids is 2. The molecule has 2 aromatic rings. The van der Waals surface area contributed by atoms with Crippen molar-refractivity contribution < 1.29 is 54.3 Å². The minimum absolute atomic E-state index is 0.0214. The summed E-state index contributed by atoms with van der Waals surface area (Å²) >= 11 is 0. The number of fused-ring (bicyclic) bond motifs is 1. The number of benzene rings is 1. The van der Waals surface area contributed by atoms with Crippen molar-refractivity contribution in [1.82, 2.24) is 14.5 Å². The number of hydrogen-bond donors (Lipinski definition) is 2. The number of alkyl halides is 3. The molecular weight excluding hydrogens is 635 g/mol. The van der Waals surface area contributed by atoms with E-state index in [0.29, 0.717) is 13.8 Å². The Bertz CT molecular complexity index is 1590. The summed E-state index contributed by atoms with van der Waals surface area (Å²) in [4.78, 5) is 23.6. The van der Waals surface area contributed by atoms with Crippen LogP contribution in [0.15, 0.2) is 29.3 Å². The van der Waals surface area contributed by atoms with E-state index in [1.807, 2.05) is 0 Å². The van der Waals surface area contributed by atoms with E-state index in [1.165, 1.54) is 29.1 Å². The Morgan fingerprint density at radius 3 is 2.48 bits per heavy atom. The van der Waals surface area contributed by atoms with Crippen LogP contribution >= 0.6 is 0 Å². The lowest BCUT2D eigenvalue weighted by atomic mass is 10.1. The SMILES string of the molecule is C=S(=O)(CC)NC[C@H]1CN(S(=O)(=O)c2cn(CC)nc2OCC(=O)OC)c2cc(NC(=O)OC(C)(C)C(F)(F)F)ccc2O1. The van der Waals surface area contributed by atoms with E-state index >= 15 is 0 Å². The number of hydrogen-bond acceptors (Lipinski definition) is 10. The predicted octanol–water partition coefficient (Wildman–Crippen LogP) is 2.54. The van der Waals surface area contributed by atoms with Crippen LogP contribution in [-0.4, -0.2) is 90.8 Å². The van der Waals surface area contributed by atoms with E-state index in [0.717, 1.165) is 11.4 Å². The molecule has 1 aliphatic rings. The van der Waals surface area contributed by atoms with Gasteiger partial charge in [0.15, 0.2) is 11.5 Å². The normalized spacial score (nSPS) is 16.7. The van der Waals surface area contributed by atoms with E-state index in [4.69, 9.17) is 9.47 Å². The number of aryl methyl sites for hydroxylation is 1. The molecule has 1 unspecified atom stereocenters. The van der Waals surface area contributed by atoms with Crippen molar-refractivity contribution in [3.05, 3.63) is 24.4 Å². The molecule has 0 aliphatic carbocycles. The summed E-state index contributed by atoms with van der Waals surface area (Å²) in [5.74, 6) is 2.66. The lowest BCUT2D eigenvalue weighted by Crippen LogP contribution is -2.48. The molecule has 2 heterocycles. The molecule has 0 bridgehead atoms. The number of anilines is 2. The zero-order chi connectivity index (χ0) is 33.1. The van der Waals surface area contributed by atoms with Crippen molar-refractivity contribution in [2.45, 2.75) is 57.0 Å². The number of nitrogens with one attached hydrogen (secondary N) is 2. The zero-order valence-electron chi connectivity index (χ0n) is 24.6. The molecule has 1 amide bonds. The van der Waals surface area contributed by atoms with Crippen LogP contribution in [-0.2, 0) is 40.5 Å². The van der Waals surface area contributed by atoms with Gasteiger partial charge >= 0.3 is 18.2 Å². The summed E-state index contributed by atoms with van der Waals surface area (Å²) < 4.78 is 106. The van der Waals surface area contributed by atoms with Crippen LogP contribution in [0.4, 0.5) is 29.3 Å². The van der Waals surface area contributed by atoms with E-state index in [9.17, 15) is 35.4 Å². The minimum Gasteiger partial charge on any atom is -0.485 e. The average Bonchev–Trinajstić information content (AvgIpc) is 3.38. The Kier molecular flexibility index (Phi) is 10.4. The molecule has 1 aliphatic heterocycles. The molecule has 1 aromatic heterocycles. The van der Waals surface area contributed by atoms with Crippen molar-refractivity contribution >= 4 is 49.0 Å². The Hall–Kier alpha value is -3.71. The lowest BCUT2D eigenvalue weighted by molar-refractivity contribution is -0.242. The molecule has 0 fully saturated rings. The third-order valence-electron chi connectivity index (χ3n) is 6.35. The first-order chi connectivity index (χ1) is 20.3. The molecule has 0 radical (unpaired) electrons. The fourth-order valence-electron chi connectivity index (χ4n) is 3.63. The number of carbonyl (C=O) groups is 2.